The molecule has 0 saturated heterocycles. The zero-order valence-electron chi connectivity index (χ0n) is 14.9. The third kappa shape index (κ3) is 2.61. The van der Waals surface area contributed by atoms with Gasteiger partial charge in [0.15, 0.2) is 0 Å². The first-order valence-corrected chi connectivity index (χ1v) is 8.48. The van der Waals surface area contributed by atoms with Crippen molar-refractivity contribution < 1.29 is 4.65 Å². The van der Waals surface area contributed by atoms with Crippen LogP contribution in [0.25, 0.3) is 10.8 Å². The summed E-state index contributed by atoms with van der Waals surface area (Å²) >= 11 is 0. The van der Waals surface area contributed by atoms with Crippen LogP contribution >= 0.6 is 0 Å². The number of nitrogens with two attached hydrogens (primary N) is 1. The van der Waals surface area contributed by atoms with Crippen molar-refractivity contribution in [1.29, 1.82) is 0 Å². The molecule has 0 amide bonds. The van der Waals surface area contributed by atoms with E-state index in [1.54, 1.807) is 0 Å². The largest absolute Gasteiger partial charge is 0.452 e. The van der Waals surface area contributed by atoms with Gasteiger partial charge in [-0.05, 0) is 47.7 Å². The highest BCUT2D eigenvalue weighted by Gasteiger charge is 2.34. The van der Waals surface area contributed by atoms with Crippen molar-refractivity contribution in [3.63, 3.8) is 0 Å². The molecule has 5 heteroatoms. The summed E-state index contributed by atoms with van der Waals surface area (Å²) in [7, 11) is 6.12. The number of nitrogens with zero attached hydrogens (tertiary/aromatic N) is 2. The van der Waals surface area contributed by atoms with E-state index in [9.17, 15) is 0 Å². The van der Waals surface area contributed by atoms with Crippen molar-refractivity contribution >= 4 is 40.3 Å². The van der Waals surface area contributed by atoms with Crippen molar-refractivity contribution in [2.24, 2.45) is 0 Å². The molecule has 0 fully saturated rings. The standard InChI is InChI=1S/C20H22BN3O/c1-23(2)18-8-4-6-14-7-5-9-19(20(14)18)24(3)21-17-12-16(22)11-10-15(17)13-25-21/h4-12H,13,22H2,1-3H3. The molecule has 0 bridgehead atoms. The molecule has 0 saturated carbocycles. The van der Waals surface area contributed by atoms with E-state index < -0.39 is 0 Å². The van der Waals surface area contributed by atoms with Gasteiger partial charge in [-0.3, -0.25) is 0 Å². The minimum absolute atomic E-state index is 0.126. The Balaban J connectivity index is 1.85. The van der Waals surface area contributed by atoms with Crippen LogP contribution in [0.1, 0.15) is 5.56 Å². The van der Waals surface area contributed by atoms with E-state index in [2.05, 4.69) is 73.3 Å². The maximum Gasteiger partial charge on any atom is 0.452 e. The molecule has 126 valence electrons. The third-order valence-electron chi connectivity index (χ3n) is 4.91. The summed E-state index contributed by atoms with van der Waals surface area (Å²) in [5.74, 6) is 0. The van der Waals surface area contributed by atoms with Crippen LogP contribution in [-0.2, 0) is 11.3 Å². The molecule has 4 nitrogen and oxygen atoms in total. The van der Waals surface area contributed by atoms with Crippen LogP contribution in [0.5, 0.6) is 0 Å². The van der Waals surface area contributed by atoms with Crippen LogP contribution in [0.2, 0.25) is 0 Å². The summed E-state index contributed by atoms with van der Waals surface area (Å²) in [5, 5.41) is 2.46. The number of rotatable bonds is 3. The minimum Gasteiger partial charge on any atom is -0.409 e. The Morgan fingerprint density at radius 1 is 0.960 bits per heavy atom. The molecular formula is C20H22BN3O. The summed E-state index contributed by atoms with van der Waals surface area (Å²) in [4.78, 5) is 4.36. The number of fused-ring (bicyclic) bond motifs is 2. The Kier molecular flexibility index (Phi) is 3.81. The summed E-state index contributed by atoms with van der Waals surface area (Å²) in [6, 6.07) is 18.8. The van der Waals surface area contributed by atoms with E-state index in [0.717, 1.165) is 16.8 Å². The summed E-state index contributed by atoms with van der Waals surface area (Å²) in [5.41, 5.74) is 11.5. The first-order valence-electron chi connectivity index (χ1n) is 8.48. The predicted octanol–water partition coefficient (Wildman–Crippen LogP) is 2.85. The molecule has 0 atom stereocenters. The second kappa shape index (κ2) is 6.01. The van der Waals surface area contributed by atoms with E-state index in [1.165, 1.54) is 22.0 Å². The Bertz CT molecular complexity index is 936. The van der Waals surface area contributed by atoms with Crippen molar-refractivity contribution in [2.75, 3.05) is 36.6 Å². The average Bonchev–Trinajstić information content (AvgIpc) is 3.03. The van der Waals surface area contributed by atoms with Gasteiger partial charge < -0.3 is 20.1 Å². The fraction of sp³-hybridized carbons (Fsp3) is 0.200. The van der Waals surface area contributed by atoms with Crippen LogP contribution < -0.4 is 20.9 Å². The lowest BCUT2D eigenvalue weighted by Crippen LogP contribution is -2.45. The van der Waals surface area contributed by atoms with Crippen molar-refractivity contribution in [3.05, 3.63) is 60.2 Å². The summed E-state index contributed by atoms with van der Waals surface area (Å²) in [6.45, 7) is 0.621. The zero-order chi connectivity index (χ0) is 17.6. The summed E-state index contributed by atoms with van der Waals surface area (Å²) in [6.07, 6.45) is 0. The third-order valence-corrected chi connectivity index (χ3v) is 4.91. The lowest BCUT2D eigenvalue weighted by atomic mass is 9.71. The monoisotopic (exact) mass is 331 g/mol. The highest BCUT2D eigenvalue weighted by atomic mass is 16.4. The molecule has 0 spiro atoms. The number of benzene rings is 3. The fourth-order valence-corrected chi connectivity index (χ4v) is 3.65. The molecule has 4 rings (SSSR count). The first kappa shape index (κ1) is 15.8. The second-order valence-electron chi connectivity index (χ2n) is 6.78. The molecular weight excluding hydrogens is 309 g/mol. The highest BCUT2D eigenvalue weighted by molar-refractivity contribution is 6.72. The van der Waals surface area contributed by atoms with Gasteiger partial charge in [0.2, 0.25) is 0 Å². The van der Waals surface area contributed by atoms with Gasteiger partial charge in [0, 0.05) is 36.5 Å². The molecule has 1 aliphatic rings. The summed E-state index contributed by atoms with van der Waals surface area (Å²) < 4.78 is 6.10. The van der Waals surface area contributed by atoms with Crippen LogP contribution in [0.15, 0.2) is 54.6 Å². The molecule has 0 unspecified atom stereocenters. The Labute approximate surface area is 148 Å². The maximum absolute atomic E-state index is 6.10. The van der Waals surface area contributed by atoms with Crippen LogP contribution in [-0.4, -0.2) is 28.2 Å². The number of hydrogen-bond donors (Lipinski definition) is 1. The van der Waals surface area contributed by atoms with E-state index >= 15 is 0 Å². The maximum atomic E-state index is 6.10. The Morgan fingerprint density at radius 3 is 2.40 bits per heavy atom. The highest BCUT2D eigenvalue weighted by Crippen LogP contribution is 2.35. The van der Waals surface area contributed by atoms with Gasteiger partial charge in [0.25, 0.3) is 0 Å². The molecule has 3 aromatic carbocycles. The minimum atomic E-state index is -0.126. The predicted molar refractivity (Wildman–Crippen MR) is 108 cm³/mol. The molecule has 0 aromatic heterocycles. The molecule has 2 N–H and O–H groups in total. The fourth-order valence-electron chi connectivity index (χ4n) is 3.65. The normalized spacial score (nSPS) is 13.2. The van der Waals surface area contributed by atoms with Gasteiger partial charge in [0.1, 0.15) is 0 Å². The van der Waals surface area contributed by atoms with Gasteiger partial charge in [-0.15, -0.1) is 0 Å². The molecule has 0 radical (unpaired) electrons. The first-order chi connectivity index (χ1) is 12.1. The number of anilines is 3. The van der Waals surface area contributed by atoms with Gasteiger partial charge >= 0.3 is 7.05 Å². The molecule has 25 heavy (non-hydrogen) atoms. The van der Waals surface area contributed by atoms with E-state index in [1.807, 2.05) is 12.1 Å². The zero-order valence-corrected chi connectivity index (χ0v) is 14.9. The molecule has 0 aliphatic carbocycles. The van der Waals surface area contributed by atoms with Gasteiger partial charge in [-0.1, -0.05) is 30.3 Å². The molecule has 1 aliphatic heterocycles. The lowest BCUT2D eigenvalue weighted by molar-refractivity contribution is 0.329. The van der Waals surface area contributed by atoms with E-state index in [-0.39, 0.29) is 7.05 Å². The topological polar surface area (TPSA) is 41.7 Å². The van der Waals surface area contributed by atoms with E-state index in [4.69, 9.17) is 10.4 Å². The Morgan fingerprint density at radius 2 is 1.68 bits per heavy atom. The smallest absolute Gasteiger partial charge is 0.409 e. The molecule has 1 heterocycles. The van der Waals surface area contributed by atoms with Gasteiger partial charge in [-0.25, -0.2) is 0 Å². The molecule has 3 aromatic rings. The van der Waals surface area contributed by atoms with Crippen LogP contribution in [0.4, 0.5) is 17.1 Å². The van der Waals surface area contributed by atoms with Crippen molar-refractivity contribution in [2.45, 2.75) is 6.61 Å². The van der Waals surface area contributed by atoms with Crippen LogP contribution in [0.3, 0.4) is 0 Å². The van der Waals surface area contributed by atoms with Gasteiger partial charge in [-0.2, -0.15) is 0 Å². The lowest BCUT2D eigenvalue weighted by Gasteiger charge is -2.27. The quantitative estimate of drug-likeness (QED) is 0.592. The number of nitrogen functional groups attached to an aromatic ring is 1. The average molecular weight is 331 g/mol. The number of hydrogen-bond acceptors (Lipinski definition) is 4. The SMILES string of the molecule is CN(C)c1cccc2cccc(N(C)B3OCc4ccc(N)cc43)c12. The second-order valence-corrected chi connectivity index (χ2v) is 6.78. The van der Waals surface area contributed by atoms with Gasteiger partial charge in [0.05, 0.1) is 6.61 Å². The van der Waals surface area contributed by atoms with Crippen molar-refractivity contribution in [3.8, 4) is 0 Å². The van der Waals surface area contributed by atoms with Crippen molar-refractivity contribution in [1.82, 2.24) is 0 Å². The van der Waals surface area contributed by atoms with E-state index in [0.29, 0.717) is 6.61 Å². The van der Waals surface area contributed by atoms with Crippen LogP contribution in [0, 0.1) is 0 Å². The Hall–Kier alpha value is -2.66.